The molecule has 0 fully saturated rings. The molecule has 0 bridgehead atoms. The molecule has 0 radical (unpaired) electrons. The highest BCUT2D eigenvalue weighted by atomic mass is 32.1. The van der Waals surface area contributed by atoms with Gasteiger partial charge in [-0.05, 0) is 13.8 Å². The highest BCUT2D eigenvalue weighted by Crippen LogP contribution is 2.35. The van der Waals surface area contributed by atoms with Crippen molar-refractivity contribution in [1.29, 1.82) is 0 Å². The molecular formula is C22H22N16O4S. The Kier molecular flexibility index (Phi) is 7.38. The summed E-state index contributed by atoms with van der Waals surface area (Å²) in [5.74, 6) is -0.957. The Hall–Kier alpha value is -5.99. The number of nitrogen functional groups attached to an aromatic ring is 2. The number of rotatable bonds is 9. The van der Waals surface area contributed by atoms with Gasteiger partial charge in [0.15, 0.2) is 40.9 Å². The Morgan fingerprint density at radius 2 is 1.30 bits per heavy atom. The van der Waals surface area contributed by atoms with E-state index < -0.39 is 11.8 Å². The molecule has 220 valence electrons. The largest absolute Gasteiger partial charge is 0.465 e. The van der Waals surface area contributed by atoms with Crippen LogP contribution in [-0.2, 0) is 23.6 Å². The van der Waals surface area contributed by atoms with Gasteiger partial charge < -0.3 is 16.2 Å². The summed E-state index contributed by atoms with van der Waals surface area (Å²) in [5, 5.41) is 42.1. The third kappa shape index (κ3) is 5.03. The second-order valence-electron chi connectivity index (χ2n) is 8.71. The number of esters is 1. The second kappa shape index (κ2) is 11.1. The van der Waals surface area contributed by atoms with Gasteiger partial charge in [0.25, 0.3) is 0 Å². The van der Waals surface area contributed by atoms with Crippen LogP contribution in [0.1, 0.15) is 32.1 Å². The van der Waals surface area contributed by atoms with E-state index in [1.165, 1.54) is 38.2 Å². The highest BCUT2D eigenvalue weighted by molar-refractivity contribution is 7.16. The van der Waals surface area contributed by atoms with Gasteiger partial charge in [-0.3, -0.25) is 9.59 Å². The maximum Gasteiger partial charge on any atom is 0.343 e. The predicted octanol–water partition coefficient (Wildman–Crippen LogP) is 2.16. The summed E-state index contributed by atoms with van der Waals surface area (Å²) >= 11 is 1.07. The first-order chi connectivity index (χ1) is 20.5. The fourth-order valence-corrected chi connectivity index (χ4v) is 4.55. The zero-order valence-electron chi connectivity index (χ0n) is 23.2. The molecule has 5 rings (SSSR count). The number of carbonyl (C=O) groups is 3. The van der Waals surface area contributed by atoms with Gasteiger partial charge >= 0.3 is 5.97 Å². The smallest absolute Gasteiger partial charge is 0.343 e. The SMILES string of the molecule is COC(=O)c1cnn(C)c1/N=N/c1c(C)nn(-c2nnc(-n3nc(C)c(/N=N/c4c(C(=O)C=O)cnn4C)c3N)s2)c1N. The Morgan fingerprint density at radius 1 is 0.837 bits per heavy atom. The number of aldehydes is 1. The molecule has 0 aliphatic carbocycles. The third-order valence-electron chi connectivity index (χ3n) is 5.98. The van der Waals surface area contributed by atoms with E-state index in [0.717, 1.165) is 11.3 Å². The quantitative estimate of drug-likeness (QED) is 0.0804. The topological polar surface area (TPSA) is 259 Å². The number of Topliss-reactive ketones (excluding diaryl/α,β-unsaturated/α-hetero) is 1. The van der Waals surface area contributed by atoms with Crippen LogP contribution in [0.3, 0.4) is 0 Å². The molecule has 5 aromatic rings. The second-order valence-corrected chi connectivity index (χ2v) is 9.65. The molecule has 0 aromatic carbocycles. The van der Waals surface area contributed by atoms with Crippen molar-refractivity contribution >= 4 is 64.0 Å². The van der Waals surface area contributed by atoms with Crippen molar-refractivity contribution in [2.24, 2.45) is 34.6 Å². The molecule has 5 heterocycles. The summed E-state index contributed by atoms with van der Waals surface area (Å²) in [4.78, 5) is 34.8. The number of aryl methyl sites for hydroxylation is 4. The first-order valence-electron chi connectivity index (χ1n) is 12.0. The van der Waals surface area contributed by atoms with Gasteiger partial charge in [0, 0.05) is 14.1 Å². The number of nitrogens with two attached hydrogens (primary N) is 2. The molecule has 0 spiro atoms. The fourth-order valence-electron chi connectivity index (χ4n) is 3.78. The molecule has 0 atom stereocenters. The predicted molar refractivity (Wildman–Crippen MR) is 149 cm³/mol. The first kappa shape index (κ1) is 28.5. The molecule has 20 nitrogen and oxygen atoms in total. The van der Waals surface area contributed by atoms with Crippen molar-refractivity contribution in [1.82, 2.24) is 49.3 Å². The number of azo groups is 2. The third-order valence-corrected chi connectivity index (χ3v) is 6.85. The summed E-state index contributed by atoms with van der Waals surface area (Å²) < 4.78 is 10.1. The van der Waals surface area contributed by atoms with E-state index in [1.54, 1.807) is 27.9 Å². The van der Waals surface area contributed by atoms with Crippen LogP contribution >= 0.6 is 11.3 Å². The molecule has 43 heavy (non-hydrogen) atoms. The summed E-state index contributed by atoms with van der Waals surface area (Å²) in [7, 11) is 4.40. The van der Waals surface area contributed by atoms with E-state index in [-0.39, 0.29) is 62.3 Å². The number of aromatic nitrogens is 10. The van der Waals surface area contributed by atoms with Crippen LogP contribution in [0.25, 0.3) is 10.3 Å². The Morgan fingerprint density at radius 3 is 1.77 bits per heavy atom. The van der Waals surface area contributed by atoms with E-state index in [2.05, 4.69) is 51.0 Å². The van der Waals surface area contributed by atoms with Gasteiger partial charge in [0.2, 0.25) is 16.0 Å². The Labute approximate surface area is 244 Å². The maximum atomic E-state index is 12.0. The van der Waals surface area contributed by atoms with Gasteiger partial charge in [0.1, 0.15) is 5.56 Å². The van der Waals surface area contributed by atoms with Crippen LogP contribution in [0.2, 0.25) is 0 Å². The van der Waals surface area contributed by atoms with Gasteiger partial charge in [-0.15, -0.1) is 30.7 Å². The lowest BCUT2D eigenvalue weighted by molar-refractivity contribution is -0.104. The Bertz CT molecular complexity index is 1950. The minimum absolute atomic E-state index is 0.00568. The number of anilines is 2. The number of ketones is 1. The maximum absolute atomic E-state index is 12.0. The van der Waals surface area contributed by atoms with Crippen molar-refractivity contribution in [3.63, 3.8) is 0 Å². The van der Waals surface area contributed by atoms with E-state index in [0.29, 0.717) is 11.4 Å². The van der Waals surface area contributed by atoms with Crippen LogP contribution in [-0.4, -0.2) is 74.5 Å². The molecule has 0 unspecified atom stereocenters. The molecule has 0 saturated carbocycles. The Balaban J connectivity index is 1.44. The lowest BCUT2D eigenvalue weighted by atomic mass is 10.2. The molecule has 0 saturated heterocycles. The number of hydrogen-bond acceptors (Lipinski definition) is 17. The normalized spacial score (nSPS) is 11.7. The standard InChI is InChI=1S/C22H22N16O4S/c1-9-14(27-29-18-11(13(40)8-39)6-25-35(18)3)16(23)37(33-9)21-31-32-22(43-21)38-17(24)15(10(2)34-38)28-30-19-12(20(41)42-5)7-26-36(19)4/h6-8H,23-24H2,1-5H3/b29-27+,30-28+. The molecule has 21 heteroatoms. The van der Waals surface area contributed by atoms with Crippen molar-refractivity contribution in [2.45, 2.75) is 13.8 Å². The minimum Gasteiger partial charge on any atom is -0.465 e. The number of hydrogen-bond donors (Lipinski definition) is 2. The number of nitrogens with zero attached hydrogens (tertiary/aromatic N) is 14. The minimum atomic E-state index is -0.787. The van der Waals surface area contributed by atoms with Crippen LogP contribution < -0.4 is 11.5 Å². The van der Waals surface area contributed by atoms with Gasteiger partial charge in [-0.25, -0.2) is 14.2 Å². The van der Waals surface area contributed by atoms with Gasteiger partial charge in [0.05, 0.1) is 36.5 Å². The molecule has 5 aromatic heterocycles. The van der Waals surface area contributed by atoms with Gasteiger partial charge in [-0.2, -0.15) is 29.8 Å². The monoisotopic (exact) mass is 606 g/mol. The fraction of sp³-hybridized carbons (Fsp3) is 0.227. The van der Waals surface area contributed by atoms with Crippen LogP contribution in [0.15, 0.2) is 32.9 Å². The lowest BCUT2D eigenvalue weighted by Gasteiger charge is -1.99. The van der Waals surface area contributed by atoms with Crippen molar-refractivity contribution in [3.8, 4) is 10.3 Å². The average Bonchev–Trinajstić information content (AvgIpc) is 3.80. The average molecular weight is 607 g/mol. The first-order valence-corrected chi connectivity index (χ1v) is 12.9. The number of ether oxygens (including phenoxy) is 1. The lowest BCUT2D eigenvalue weighted by Crippen LogP contribution is -2.01. The van der Waals surface area contributed by atoms with Crippen LogP contribution in [0, 0.1) is 13.8 Å². The van der Waals surface area contributed by atoms with Crippen LogP contribution in [0.5, 0.6) is 0 Å². The number of carbonyl (C=O) groups excluding carboxylic acids is 3. The summed E-state index contributed by atoms with van der Waals surface area (Å²) in [6.45, 7) is 3.33. The summed E-state index contributed by atoms with van der Waals surface area (Å²) in [6, 6.07) is 0. The molecule has 4 N–H and O–H groups in total. The summed E-state index contributed by atoms with van der Waals surface area (Å²) in [6.07, 6.45) is 2.71. The zero-order chi connectivity index (χ0) is 31.0. The molecule has 0 amide bonds. The van der Waals surface area contributed by atoms with E-state index in [1.807, 2.05) is 0 Å². The van der Waals surface area contributed by atoms with Crippen molar-refractivity contribution in [3.05, 3.63) is 34.9 Å². The van der Waals surface area contributed by atoms with Crippen molar-refractivity contribution in [2.75, 3.05) is 18.6 Å². The summed E-state index contributed by atoms with van der Waals surface area (Å²) in [5.41, 5.74) is 14.1. The van der Waals surface area contributed by atoms with Crippen LogP contribution in [0.4, 0.5) is 34.6 Å². The van der Waals surface area contributed by atoms with Crippen molar-refractivity contribution < 1.29 is 19.1 Å². The molecule has 0 aliphatic heterocycles. The molecule has 0 aliphatic rings. The highest BCUT2D eigenvalue weighted by Gasteiger charge is 2.22. The van der Waals surface area contributed by atoms with Gasteiger partial charge in [-0.1, -0.05) is 11.3 Å². The zero-order valence-corrected chi connectivity index (χ0v) is 24.0. The van der Waals surface area contributed by atoms with E-state index in [9.17, 15) is 14.4 Å². The van der Waals surface area contributed by atoms with E-state index in [4.69, 9.17) is 16.2 Å². The number of methoxy groups -OCH3 is 1. The molecular weight excluding hydrogens is 584 g/mol. The van der Waals surface area contributed by atoms with E-state index >= 15 is 0 Å².